The summed E-state index contributed by atoms with van der Waals surface area (Å²) >= 11 is 1.46. The summed E-state index contributed by atoms with van der Waals surface area (Å²) in [4.78, 5) is 0. The van der Waals surface area contributed by atoms with Crippen LogP contribution in [0.2, 0.25) is 0 Å². The van der Waals surface area contributed by atoms with Gasteiger partial charge in [-0.15, -0.1) is 5.10 Å². The largest absolute Gasteiger partial charge is 0.486 e. The van der Waals surface area contributed by atoms with E-state index in [1.54, 1.807) is 6.21 Å². The third-order valence-electron chi connectivity index (χ3n) is 3.16. The van der Waals surface area contributed by atoms with Crippen LogP contribution in [0.25, 0.3) is 0 Å². The fraction of sp³-hybridized carbons (Fsp3) is 0.176. The number of amidine groups is 1. The quantitative estimate of drug-likeness (QED) is 0.532. The molecule has 2 N–H and O–H groups in total. The smallest absolute Gasteiger partial charge is 0.180 e. The van der Waals surface area contributed by atoms with Gasteiger partial charge in [-0.1, -0.05) is 42.1 Å². The van der Waals surface area contributed by atoms with Gasteiger partial charge in [0.05, 0.1) is 6.21 Å². The van der Waals surface area contributed by atoms with Crippen molar-refractivity contribution >= 4 is 23.1 Å². The number of hydrogen-bond donors (Lipinski definition) is 1. The highest BCUT2D eigenvalue weighted by molar-refractivity contribution is 8.13. The van der Waals surface area contributed by atoms with Crippen LogP contribution in [0.3, 0.4) is 0 Å². The summed E-state index contributed by atoms with van der Waals surface area (Å²) in [7, 11) is 0. The average molecular weight is 327 g/mol. The van der Waals surface area contributed by atoms with Crippen LogP contribution >= 0.6 is 11.8 Å². The lowest BCUT2D eigenvalue weighted by molar-refractivity contribution is 0.171. The first-order valence-electron chi connectivity index (χ1n) is 7.24. The molecule has 2 aromatic rings. The maximum Gasteiger partial charge on any atom is 0.180 e. The zero-order valence-corrected chi connectivity index (χ0v) is 13.3. The van der Waals surface area contributed by atoms with E-state index in [9.17, 15) is 0 Å². The van der Waals surface area contributed by atoms with Gasteiger partial charge in [-0.3, -0.25) is 0 Å². The average Bonchev–Trinajstić information content (AvgIpc) is 2.61. The Labute approximate surface area is 139 Å². The molecule has 5 nitrogen and oxygen atoms in total. The van der Waals surface area contributed by atoms with Gasteiger partial charge in [0.1, 0.15) is 13.2 Å². The molecule has 0 atom stereocenters. The predicted octanol–water partition coefficient (Wildman–Crippen LogP) is 3.04. The molecular weight excluding hydrogens is 310 g/mol. The van der Waals surface area contributed by atoms with Crippen molar-refractivity contribution in [2.24, 2.45) is 15.9 Å². The minimum absolute atomic E-state index is 0.433. The normalized spacial score (nSPS) is 14.2. The molecule has 0 saturated carbocycles. The summed E-state index contributed by atoms with van der Waals surface area (Å²) in [5, 5.41) is 8.46. The van der Waals surface area contributed by atoms with Gasteiger partial charge in [0.25, 0.3) is 0 Å². The van der Waals surface area contributed by atoms with Crippen molar-refractivity contribution in [3.05, 3.63) is 59.7 Å². The van der Waals surface area contributed by atoms with Crippen LogP contribution in [0.15, 0.2) is 58.7 Å². The van der Waals surface area contributed by atoms with E-state index in [0.717, 1.165) is 22.8 Å². The van der Waals surface area contributed by atoms with Crippen LogP contribution in [0.5, 0.6) is 11.5 Å². The minimum Gasteiger partial charge on any atom is -0.486 e. The lowest BCUT2D eigenvalue weighted by Crippen LogP contribution is -2.15. The number of rotatable bonds is 4. The van der Waals surface area contributed by atoms with Crippen molar-refractivity contribution in [1.29, 1.82) is 0 Å². The maximum absolute atomic E-state index is 5.85. The molecule has 6 heteroatoms. The third-order valence-corrected chi connectivity index (χ3v) is 4.01. The summed E-state index contributed by atoms with van der Waals surface area (Å²) in [6.45, 7) is 1.15. The van der Waals surface area contributed by atoms with Gasteiger partial charge in [0.15, 0.2) is 16.7 Å². The number of nitrogens with two attached hydrogens (primary N) is 1. The summed E-state index contributed by atoms with van der Waals surface area (Å²) in [6, 6.07) is 15.8. The molecule has 1 aliphatic heterocycles. The lowest BCUT2D eigenvalue weighted by Gasteiger charge is -2.18. The van der Waals surface area contributed by atoms with Crippen LogP contribution in [0, 0.1) is 0 Å². The molecule has 0 bridgehead atoms. The van der Waals surface area contributed by atoms with E-state index >= 15 is 0 Å². The minimum atomic E-state index is 0.433. The van der Waals surface area contributed by atoms with Gasteiger partial charge >= 0.3 is 0 Å². The molecule has 2 aromatic carbocycles. The van der Waals surface area contributed by atoms with E-state index in [4.69, 9.17) is 15.2 Å². The Morgan fingerprint density at radius 3 is 2.70 bits per heavy atom. The Balaban J connectivity index is 1.57. The first kappa shape index (κ1) is 15.4. The highest BCUT2D eigenvalue weighted by atomic mass is 32.2. The van der Waals surface area contributed by atoms with Crippen molar-refractivity contribution in [2.75, 3.05) is 13.2 Å². The van der Waals surface area contributed by atoms with Crippen LogP contribution < -0.4 is 15.2 Å². The van der Waals surface area contributed by atoms with E-state index in [1.807, 2.05) is 36.4 Å². The van der Waals surface area contributed by atoms with Gasteiger partial charge in [-0.2, -0.15) is 5.10 Å². The Bertz CT molecular complexity index is 717. The molecule has 0 radical (unpaired) electrons. The maximum atomic E-state index is 5.85. The zero-order chi connectivity index (χ0) is 15.9. The predicted molar refractivity (Wildman–Crippen MR) is 94.4 cm³/mol. The monoisotopic (exact) mass is 327 g/mol. The van der Waals surface area contributed by atoms with Crippen molar-refractivity contribution in [3.63, 3.8) is 0 Å². The van der Waals surface area contributed by atoms with Gasteiger partial charge in [-0.05, 0) is 29.3 Å². The molecule has 3 rings (SSSR count). The van der Waals surface area contributed by atoms with Crippen molar-refractivity contribution in [3.8, 4) is 11.5 Å². The molecule has 0 amide bonds. The van der Waals surface area contributed by atoms with Crippen LogP contribution in [-0.2, 0) is 5.75 Å². The highest BCUT2D eigenvalue weighted by Gasteiger charge is 2.10. The van der Waals surface area contributed by atoms with Crippen LogP contribution in [-0.4, -0.2) is 24.6 Å². The van der Waals surface area contributed by atoms with E-state index in [0.29, 0.717) is 18.4 Å². The highest BCUT2D eigenvalue weighted by Crippen LogP contribution is 2.30. The fourth-order valence-corrected chi connectivity index (χ4v) is 2.66. The van der Waals surface area contributed by atoms with E-state index in [-0.39, 0.29) is 0 Å². The summed E-state index contributed by atoms with van der Waals surface area (Å²) in [5.74, 6) is 2.26. The summed E-state index contributed by atoms with van der Waals surface area (Å²) < 4.78 is 11.0. The molecule has 0 aliphatic carbocycles. The van der Waals surface area contributed by atoms with Gasteiger partial charge < -0.3 is 15.2 Å². The first-order chi connectivity index (χ1) is 11.3. The molecule has 0 unspecified atom stereocenters. The Hall–Kier alpha value is -2.47. The number of ether oxygens (including phenoxy) is 2. The van der Waals surface area contributed by atoms with Gasteiger partial charge in [0, 0.05) is 5.75 Å². The molecule has 0 fully saturated rings. The number of thioether (sulfide) groups is 1. The molecular formula is C17H17N3O2S. The Morgan fingerprint density at radius 2 is 1.87 bits per heavy atom. The van der Waals surface area contributed by atoms with Gasteiger partial charge in [-0.25, -0.2) is 0 Å². The van der Waals surface area contributed by atoms with Crippen molar-refractivity contribution in [2.45, 2.75) is 5.75 Å². The molecule has 0 aromatic heterocycles. The van der Waals surface area contributed by atoms with E-state index in [1.165, 1.54) is 17.3 Å². The molecule has 1 heterocycles. The summed E-state index contributed by atoms with van der Waals surface area (Å²) in [6.07, 6.45) is 1.65. The number of hydrogen-bond acceptors (Lipinski definition) is 5. The second-order valence-corrected chi connectivity index (χ2v) is 5.86. The Kier molecular flexibility index (Phi) is 5.16. The fourth-order valence-electron chi connectivity index (χ4n) is 2.05. The number of fused-ring (bicyclic) bond motifs is 1. The first-order valence-corrected chi connectivity index (χ1v) is 8.23. The number of benzene rings is 2. The molecule has 1 aliphatic rings. The van der Waals surface area contributed by atoms with Gasteiger partial charge in [0.2, 0.25) is 0 Å². The van der Waals surface area contributed by atoms with Crippen molar-refractivity contribution < 1.29 is 9.47 Å². The second-order valence-electron chi connectivity index (χ2n) is 4.86. The van der Waals surface area contributed by atoms with Crippen LogP contribution in [0.4, 0.5) is 0 Å². The number of nitrogens with zero attached hydrogens (tertiary/aromatic N) is 2. The Morgan fingerprint density at radius 1 is 1.09 bits per heavy atom. The van der Waals surface area contributed by atoms with Crippen LogP contribution in [0.1, 0.15) is 11.1 Å². The second kappa shape index (κ2) is 7.69. The molecule has 0 spiro atoms. The zero-order valence-electron chi connectivity index (χ0n) is 12.5. The third kappa shape index (κ3) is 4.50. The molecule has 0 saturated heterocycles. The SMILES string of the molecule is NC(=NN=Cc1ccc2c(c1)OCCO2)SCc1ccccc1. The lowest BCUT2D eigenvalue weighted by atomic mass is 10.2. The van der Waals surface area contributed by atoms with E-state index in [2.05, 4.69) is 22.3 Å². The van der Waals surface area contributed by atoms with E-state index < -0.39 is 0 Å². The summed E-state index contributed by atoms with van der Waals surface area (Å²) in [5.41, 5.74) is 7.94. The standard InChI is InChI=1S/C17H17N3O2S/c18-17(23-12-13-4-2-1-3-5-13)20-19-11-14-6-7-15-16(10-14)22-9-8-21-15/h1-7,10-11H,8-9,12H2,(H2,18,20). The molecule has 23 heavy (non-hydrogen) atoms. The van der Waals surface area contributed by atoms with Crippen molar-refractivity contribution in [1.82, 2.24) is 0 Å². The topological polar surface area (TPSA) is 69.2 Å². The molecule has 118 valence electrons.